The molecular formula is C11H10S+. The van der Waals surface area contributed by atoms with E-state index in [-0.39, 0.29) is 1.43 Å². The van der Waals surface area contributed by atoms with Gasteiger partial charge in [-0.05, 0) is 40.4 Å². The van der Waals surface area contributed by atoms with Crippen LogP contribution in [0.4, 0.5) is 0 Å². The molecule has 0 N–H and O–H groups in total. The average molecular weight is 174 g/mol. The predicted molar refractivity (Wildman–Crippen MR) is 53.5 cm³/mol. The van der Waals surface area contributed by atoms with E-state index in [0.717, 1.165) is 6.42 Å². The first-order valence-electron chi connectivity index (χ1n) is 3.91. The van der Waals surface area contributed by atoms with Crippen LogP contribution in [0.3, 0.4) is 0 Å². The Kier molecular flexibility index (Phi) is 2.23. The lowest BCUT2D eigenvalue weighted by molar-refractivity contribution is 1.21. The second-order valence-electron chi connectivity index (χ2n) is 2.72. The summed E-state index contributed by atoms with van der Waals surface area (Å²) in [4.78, 5) is 0. The second-order valence-corrected chi connectivity index (χ2v) is 3.50. The SMILES string of the molecule is [H+].[c]1ccc(Cc2ccsc2)cc1. The van der Waals surface area contributed by atoms with Crippen molar-refractivity contribution >= 4 is 11.3 Å². The van der Waals surface area contributed by atoms with E-state index < -0.39 is 0 Å². The van der Waals surface area contributed by atoms with Gasteiger partial charge in [-0.15, -0.1) is 0 Å². The number of thiophene rings is 1. The highest BCUT2D eigenvalue weighted by Crippen LogP contribution is 2.11. The molecule has 0 saturated carbocycles. The maximum Gasteiger partial charge on any atom is 1.00 e. The van der Waals surface area contributed by atoms with E-state index in [1.807, 2.05) is 12.1 Å². The number of hydrogen-bond acceptors (Lipinski definition) is 1. The summed E-state index contributed by atoms with van der Waals surface area (Å²) in [6, 6.07) is 13.3. The van der Waals surface area contributed by atoms with Crippen LogP contribution >= 0.6 is 11.3 Å². The van der Waals surface area contributed by atoms with Gasteiger partial charge in [-0.1, -0.05) is 24.3 Å². The quantitative estimate of drug-likeness (QED) is 0.655. The van der Waals surface area contributed by atoms with E-state index in [0.29, 0.717) is 0 Å². The Morgan fingerprint density at radius 2 is 2.00 bits per heavy atom. The van der Waals surface area contributed by atoms with Gasteiger partial charge in [0, 0.05) is 0 Å². The minimum absolute atomic E-state index is 0. The fourth-order valence-corrected chi connectivity index (χ4v) is 1.84. The lowest BCUT2D eigenvalue weighted by Crippen LogP contribution is -1.83. The molecule has 0 bridgehead atoms. The molecular weight excluding hydrogens is 164 g/mol. The zero-order chi connectivity index (χ0) is 8.23. The van der Waals surface area contributed by atoms with Gasteiger partial charge in [0.15, 0.2) is 0 Å². The summed E-state index contributed by atoms with van der Waals surface area (Å²) in [5.41, 5.74) is 2.75. The van der Waals surface area contributed by atoms with Gasteiger partial charge in [-0.3, -0.25) is 0 Å². The lowest BCUT2D eigenvalue weighted by atomic mass is 10.1. The van der Waals surface area contributed by atoms with Gasteiger partial charge in [0.2, 0.25) is 0 Å². The third-order valence-electron chi connectivity index (χ3n) is 1.78. The molecule has 0 atom stereocenters. The molecule has 1 radical (unpaired) electrons. The van der Waals surface area contributed by atoms with Gasteiger partial charge >= 0.3 is 1.43 Å². The van der Waals surface area contributed by atoms with Crippen molar-refractivity contribution in [3.63, 3.8) is 0 Å². The minimum atomic E-state index is 0. The Morgan fingerprint density at radius 3 is 2.67 bits per heavy atom. The van der Waals surface area contributed by atoms with Crippen molar-refractivity contribution in [1.82, 2.24) is 0 Å². The molecule has 2 aromatic rings. The fourth-order valence-electron chi connectivity index (χ4n) is 1.17. The van der Waals surface area contributed by atoms with Crippen molar-refractivity contribution in [2.24, 2.45) is 0 Å². The van der Waals surface area contributed by atoms with E-state index in [4.69, 9.17) is 0 Å². The Hall–Kier alpha value is -1.08. The monoisotopic (exact) mass is 174 g/mol. The van der Waals surface area contributed by atoms with Crippen LogP contribution in [0.5, 0.6) is 0 Å². The Labute approximate surface area is 78.0 Å². The largest absolute Gasteiger partial charge is 1.00 e. The normalized spacial score (nSPS) is 10.0. The van der Waals surface area contributed by atoms with Gasteiger partial charge in [-0.25, -0.2) is 0 Å². The van der Waals surface area contributed by atoms with Crippen LogP contribution in [-0.4, -0.2) is 0 Å². The van der Waals surface area contributed by atoms with Crippen LogP contribution in [0, 0.1) is 6.07 Å². The van der Waals surface area contributed by atoms with Crippen molar-refractivity contribution in [3.05, 3.63) is 58.3 Å². The van der Waals surface area contributed by atoms with Crippen LogP contribution < -0.4 is 0 Å². The molecule has 1 heterocycles. The van der Waals surface area contributed by atoms with Crippen molar-refractivity contribution < 1.29 is 1.43 Å². The Balaban J connectivity index is 0.000000845. The van der Waals surface area contributed by atoms with Gasteiger partial charge in [0.25, 0.3) is 0 Å². The maximum atomic E-state index is 3.01. The standard InChI is InChI=1S/C11H9S/c1-2-4-10(5-3-1)8-11-6-7-12-9-11/h2-7,9H,8H2/p+1. The molecule has 0 spiro atoms. The number of rotatable bonds is 2. The molecule has 59 valence electrons. The molecule has 0 aliphatic rings. The van der Waals surface area contributed by atoms with E-state index in [1.54, 1.807) is 11.3 Å². The highest BCUT2D eigenvalue weighted by molar-refractivity contribution is 7.07. The van der Waals surface area contributed by atoms with Crippen LogP contribution in [-0.2, 0) is 6.42 Å². The summed E-state index contributed by atoms with van der Waals surface area (Å²) in [6.45, 7) is 0. The Bertz CT molecular complexity index is 326. The zero-order valence-corrected chi connectivity index (χ0v) is 7.47. The smallest absolute Gasteiger partial charge is 0.152 e. The average Bonchev–Trinajstić information content (AvgIpc) is 2.59. The van der Waals surface area contributed by atoms with E-state index in [2.05, 4.69) is 35.0 Å². The van der Waals surface area contributed by atoms with Crippen molar-refractivity contribution in [2.75, 3.05) is 0 Å². The third-order valence-corrected chi connectivity index (χ3v) is 2.51. The van der Waals surface area contributed by atoms with Crippen LogP contribution in [0.15, 0.2) is 41.1 Å². The maximum absolute atomic E-state index is 3.01. The highest BCUT2D eigenvalue weighted by atomic mass is 32.1. The Morgan fingerprint density at radius 1 is 1.17 bits per heavy atom. The van der Waals surface area contributed by atoms with Crippen LogP contribution in [0.1, 0.15) is 12.6 Å². The number of benzene rings is 1. The van der Waals surface area contributed by atoms with Crippen LogP contribution in [0.2, 0.25) is 0 Å². The molecule has 0 nitrogen and oxygen atoms in total. The first-order chi connectivity index (χ1) is 5.95. The van der Waals surface area contributed by atoms with E-state index in [1.165, 1.54) is 11.1 Å². The molecule has 1 aromatic heterocycles. The van der Waals surface area contributed by atoms with Gasteiger partial charge in [0.05, 0.1) is 0 Å². The molecule has 1 aromatic carbocycles. The van der Waals surface area contributed by atoms with E-state index >= 15 is 0 Å². The van der Waals surface area contributed by atoms with Crippen molar-refractivity contribution in [1.29, 1.82) is 0 Å². The fraction of sp³-hybridized carbons (Fsp3) is 0.0909. The summed E-state index contributed by atoms with van der Waals surface area (Å²) in [5, 5.41) is 4.31. The van der Waals surface area contributed by atoms with E-state index in [9.17, 15) is 0 Å². The van der Waals surface area contributed by atoms with Crippen molar-refractivity contribution in [3.8, 4) is 0 Å². The molecule has 0 unspecified atom stereocenters. The topological polar surface area (TPSA) is 0 Å². The second kappa shape index (κ2) is 3.55. The van der Waals surface area contributed by atoms with Gasteiger partial charge in [-0.2, -0.15) is 11.3 Å². The lowest BCUT2D eigenvalue weighted by Gasteiger charge is -1.96. The van der Waals surface area contributed by atoms with Gasteiger partial charge in [0.1, 0.15) is 0 Å². The molecule has 0 aliphatic heterocycles. The molecule has 0 aliphatic carbocycles. The van der Waals surface area contributed by atoms with Crippen molar-refractivity contribution in [2.45, 2.75) is 6.42 Å². The van der Waals surface area contributed by atoms with Crippen LogP contribution in [0.25, 0.3) is 0 Å². The first kappa shape index (κ1) is 7.56. The highest BCUT2D eigenvalue weighted by Gasteiger charge is 1.94. The molecule has 0 amide bonds. The predicted octanol–water partition coefficient (Wildman–Crippen LogP) is 3.25. The summed E-state index contributed by atoms with van der Waals surface area (Å²) in [5.74, 6) is 0. The molecule has 1 heteroatoms. The molecule has 12 heavy (non-hydrogen) atoms. The number of hydrogen-bond donors (Lipinski definition) is 0. The zero-order valence-electron chi connectivity index (χ0n) is 7.66. The third kappa shape index (κ3) is 1.74. The first-order valence-corrected chi connectivity index (χ1v) is 4.85. The van der Waals surface area contributed by atoms with Gasteiger partial charge < -0.3 is 0 Å². The molecule has 0 saturated heterocycles. The summed E-state index contributed by atoms with van der Waals surface area (Å²) in [6.07, 6.45) is 1.04. The molecule has 2 rings (SSSR count). The summed E-state index contributed by atoms with van der Waals surface area (Å²) < 4.78 is 0. The molecule has 0 fully saturated rings. The summed E-state index contributed by atoms with van der Waals surface area (Å²) in [7, 11) is 0. The minimum Gasteiger partial charge on any atom is -0.152 e. The summed E-state index contributed by atoms with van der Waals surface area (Å²) >= 11 is 1.75.